The van der Waals surface area contributed by atoms with Gasteiger partial charge in [-0.15, -0.1) is 0 Å². The largest absolute Gasteiger partial charge is 0.457 e. The second-order valence-corrected chi connectivity index (χ2v) is 2.61. The molecular weight excluding hydrogens is 139 g/mol. The number of cyclic esters (lactones) is 1. The Balaban J connectivity index is 2.62. The lowest BCUT2D eigenvalue weighted by atomic mass is 10.1. The zero-order chi connectivity index (χ0) is 7.78. The molecule has 0 spiro atoms. The summed E-state index contributed by atoms with van der Waals surface area (Å²) in [5.74, 6) is -0.869. The van der Waals surface area contributed by atoms with Gasteiger partial charge in [-0.05, 0) is 6.92 Å². The van der Waals surface area contributed by atoms with Gasteiger partial charge in [0.05, 0.1) is 6.61 Å². The predicted octanol–water partition coefficient (Wildman–Crippen LogP) is 0.0224. The molecule has 0 saturated carbocycles. The number of hydrogen-bond donors (Lipinski definition) is 1. The molecule has 1 fully saturated rings. The van der Waals surface area contributed by atoms with Gasteiger partial charge in [0.1, 0.15) is 6.10 Å². The summed E-state index contributed by atoms with van der Waals surface area (Å²) in [5.41, 5.74) is -1.90. The second-order valence-electron chi connectivity index (χ2n) is 2.61. The quantitative estimate of drug-likeness (QED) is 0.533. The van der Waals surface area contributed by atoms with E-state index in [2.05, 4.69) is 4.74 Å². The Hall–Kier alpha value is -0.640. The van der Waals surface area contributed by atoms with E-state index in [0.717, 1.165) is 6.92 Å². The summed E-state index contributed by atoms with van der Waals surface area (Å²) in [6, 6.07) is 0. The van der Waals surface area contributed by atoms with Crippen LogP contribution in [0.4, 0.5) is 4.39 Å². The van der Waals surface area contributed by atoms with Crippen LogP contribution in [0, 0.1) is 0 Å². The molecule has 0 aromatic carbocycles. The third kappa shape index (κ3) is 1.11. The highest BCUT2D eigenvalue weighted by Gasteiger charge is 2.45. The molecule has 2 atom stereocenters. The number of alkyl halides is 1. The third-order valence-electron chi connectivity index (χ3n) is 1.51. The number of ether oxygens (including phenoxy) is 1. The number of hydrogen-bond acceptors (Lipinski definition) is 3. The Labute approximate surface area is 57.8 Å². The van der Waals surface area contributed by atoms with Gasteiger partial charge in [-0.1, -0.05) is 0 Å². The molecule has 3 nitrogen and oxygen atoms in total. The van der Waals surface area contributed by atoms with E-state index in [0.29, 0.717) is 0 Å². The van der Waals surface area contributed by atoms with Gasteiger partial charge in [-0.2, -0.15) is 0 Å². The highest BCUT2D eigenvalue weighted by Crippen LogP contribution is 2.28. The van der Waals surface area contributed by atoms with Crippen LogP contribution in [-0.4, -0.2) is 29.5 Å². The molecule has 0 aromatic heterocycles. The summed E-state index contributed by atoms with van der Waals surface area (Å²) in [6.07, 6.45) is -0.690. The zero-order valence-corrected chi connectivity index (χ0v) is 5.63. The monoisotopic (exact) mass is 148 g/mol. The molecule has 1 aliphatic heterocycles. The molecule has 0 radical (unpaired) electrons. The van der Waals surface area contributed by atoms with E-state index in [-0.39, 0.29) is 13.0 Å². The number of rotatable bonds is 1. The van der Waals surface area contributed by atoms with Gasteiger partial charge in [0, 0.05) is 6.42 Å². The molecule has 0 bridgehead atoms. The molecule has 0 unspecified atom stereocenters. The van der Waals surface area contributed by atoms with Gasteiger partial charge in [-0.25, -0.2) is 9.18 Å². The van der Waals surface area contributed by atoms with Crippen LogP contribution in [0.15, 0.2) is 0 Å². The molecule has 4 heteroatoms. The molecular formula is C6H9FO3. The van der Waals surface area contributed by atoms with Gasteiger partial charge in [0.25, 0.3) is 0 Å². The summed E-state index contributed by atoms with van der Waals surface area (Å²) < 4.78 is 17.3. The fourth-order valence-electron chi connectivity index (χ4n) is 0.929. The van der Waals surface area contributed by atoms with Gasteiger partial charge in [0.15, 0.2) is 0 Å². The lowest BCUT2D eigenvalue weighted by molar-refractivity contribution is -0.150. The predicted molar refractivity (Wildman–Crippen MR) is 31.1 cm³/mol. The molecule has 1 saturated heterocycles. The lowest BCUT2D eigenvalue weighted by Crippen LogP contribution is -2.23. The highest BCUT2D eigenvalue weighted by atomic mass is 19.1. The molecule has 0 aliphatic carbocycles. The molecule has 1 N–H and O–H groups in total. The maximum absolute atomic E-state index is 12.9. The van der Waals surface area contributed by atoms with Crippen molar-refractivity contribution < 1.29 is 19.0 Å². The minimum absolute atomic E-state index is 0.0394. The maximum Gasteiger partial charge on any atom is 0.344 e. The smallest absolute Gasteiger partial charge is 0.344 e. The summed E-state index contributed by atoms with van der Waals surface area (Å²) in [7, 11) is 0. The first-order valence-corrected chi connectivity index (χ1v) is 3.07. The minimum atomic E-state index is -1.90. The van der Waals surface area contributed by atoms with E-state index in [1.807, 2.05) is 0 Å². The van der Waals surface area contributed by atoms with Crippen molar-refractivity contribution in [1.29, 1.82) is 0 Å². The molecule has 0 amide bonds. The van der Waals surface area contributed by atoms with Gasteiger partial charge < -0.3 is 9.84 Å². The fourth-order valence-corrected chi connectivity index (χ4v) is 0.929. The van der Waals surface area contributed by atoms with Crippen LogP contribution in [-0.2, 0) is 9.53 Å². The van der Waals surface area contributed by atoms with Crippen molar-refractivity contribution in [3.63, 3.8) is 0 Å². The van der Waals surface area contributed by atoms with Gasteiger partial charge in [-0.3, -0.25) is 0 Å². The first-order chi connectivity index (χ1) is 4.56. The topological polar surface area (TPSA) is 46.5 Å². The fraction of sp³-hybridized carbons (Fsp3) is 0.833. The van der Waals surface area contributed by atoms with E-state index < -0.39 is 17.7 Å². The van der Waals surface area contributed by atoms with Crippen LogP contribution in [0.2, 0.25) is 0 Å². The number of aliphatic hydroxyl groups is 1. The van der Waals surface area contributed by atoms with E-state index in [9.17, 15) is 9.18 Å². The maximum atomic E-state index is 12.9. The lowest BCUT2D eigenvalue weighted by Gasteiger charge is -2.03. The van der Waals surface area contributed by atoms with Crippen molar-refractivity contribution in [3.05, 3.63) is 0 Å². The molecule has 1 aliphatic rings. The number of aliphatic hydroxyl groups excluding tert-OH is 1. The van der Waals surface area contributed by atoms with E-state index in [1.54, 1.807) is 0 Å². The molecule has 10 heavy (non-hydrogen) atoms. The van der Waals surface area contributed by atoms with Crippen LogP contribution in [0.3, 0.4) is 0 Å². The van der Waals surface area contributed by atoms with E-state index >= 15 is 0 Å². The minimum Gasteiger partial charge on any atom is -0.457 e. The van der Waals surface area contributed by atoms with Gasteiger partial charge >= 0.3 is 5.97 Å². The third-order valence-corrected chi connectivity index (χ3v) is 1.51. The van der Waals surface area contributed by atoms with Crippen molar-refractivity contribution in [2.24, 2.45) is 0 Å². The standard InChI is InChI=1S/C6H9FO3/c1-6(7)2-4(3-8)10-5(6)9/h4,8H,2-3H2,1H3/t4-,6-/m0/s1. The van der Waals surface area contributed by atoms with Crippen LogP contribution in [0.25, 0.3) is 0 Å². The van der Waals surface area contributed by atoms with Crippen LogP contribution < -0.4 is 0 Å². The average Bonchev–Trinajstić information content (AvgIpc) is 2.08. The number of esters is 1. The van der Waals surface area contributed by atoms with Crippen LogP contribution in [0.5, 0.6) is 0 Å². The Kier molecular flexibility index (Phi) is 1.64. The second kappa shape index (κ2) is 2.20. The van der Waals surface area contributed by atoms with Crippen molar-refractivity contribution >= 4 is 5.97 Å². The molecule has 1 rings (SSSR count). The summed E-state index contributed by atoms with van der Waals surface area (Å²) in [5, 5.41) is 8.47. The van der Waals surface area contributed by atoms with Crippen molar-refractivity contribution in [2.45, 2.75) is 25.1 Å². The average molecular weight is 148 g/mol. The van der Waals surface area contributed by atoms with Crippen LogP contribution in [0.1, 0.15) is 13.3 Å². The Morgan fingerprint density at radius 2 is 2.60 bits per heavy atom. The van der Waals surface area contributed by atoms with Gasteiger partial charge in [0.2, 0.25) is 5.67 Å². The SMILES string of the molecule is C[C@]1(F)C[C@@H](CO)OC1=O. The van der Waals surface area contributed by atoms with Crippen LogP contribution >= 0.6 is 0 Å². The summed E-state index contributed by atoms with van der Waals surface area (Å²) >= 11 is 0. The molecule has 1 heterocycles. The zero-order valence-electron chi connectivity index (χ0n) is 5.63. The summed E-state index contributed by atoms with van der Waals surface area (Å²) in [4.78, 5) is 10.6. The molecule has 58 valence electrons. The normalized spacial score (nSPS) is 39.9. The van der Waals surface area contributed by atoms with E-state index in [4.69, 9.17) is 5.11 Å². The molecule has 0 aromatic rings. The van der Waals surface area contributed by atoms with E-state index in [1.165, 1.54) is 0 Å². The number of carbonyl (C=O) groups is 1. The Bertz CT molecular complexity index is 155. The van der Waals surface area contributed by atoms with Crippen molar-refractivity contribution in [1.82, 2.24) is 0 Å². The highest BCUT2D eigenvalue weighted by molar-refractivity contribution is 5.81. The van der Waals surface area contributed by atoms with Crippen molar-refractivity contribution in [2.75, 3.05) is 6.61 Å². The first kappa shape index (κ1) is 7.47. The first-order valence-electron chi connectivity index (χ1n) is 3.07. The summed E-state index contributed by atoms with van der Waals surface area (Å²) in [6.45, 7) is 0.857. The Morgan fingerprint density at radius 3 is 2.80 bits per heavy atom. The number of halogens is 1. The Morgan fingerprint density at radius 1 is 2.00 bits per heavy atom. The van der Waals surface area contributed by atoms with Crippen molar-refractivity contribution in [3.8, 4) is 0 Å². The number of carbonyl (C=O) groups excluding carboxylic acids is 1.